The average Bonchev–Trinajstić information content (AvgIpc) is 3.22. The Morgan fingerprint density at radius 2 is 1.56 bits per heavy atom. The van der Waals surface area contributed by atoms with Crippen LogP contribution in [0.2, 0.25) is 0 Å². The van der Waals surface area contributed by atoms with Crippen LogP contribution in [-0.2, 0) is 0 Å². The lowest BCUT2D eigenvalue weighted by Crippen LogP contribution is -2.18. The molecule has 1 amide bonds. The summed E-state index contributed by atoms with van der Waals surface area (Å²) in [5.41, 5.74) is 0.0442. The van der Waals surface area contributed by atoms with Crippen molar-refractivity contribution >= 4 is 22.7 Å². The predicted molar refractivity (Wildman–Crippen MR) is 107 cm³/mol. The summed E-state index contributed by atoms with van der Waals surface area (Å²) in [4.78, 5) is 16.7. The fourth-order valence-corrected chi connectivity index (χ4v) is 3.05. The van der Waals surface area contributed by atoms with Crippen LogP contribution in [0.3, 0.4) is 0 Å². The van der Waals surface area contributed by atoms with Crippen molar-refractivity contribution in [3.05, 3.63) is 71.3 Å². The number of oxazole rings is 1. The minimum absolute atomic E-state index is 0.0764. The molecule has 0 radical (unpaired) electrons. The van der Waals surface area contributed by atoms with Crippen LogP contribution < -0.4 is 14.8 Å². The predicted octanol–water partition coefficient (Wildman–Crippen LogP) is 5.32. The van der Waals surface area contributed by atoms with Crippen molar-refractivity contribution in [3.8, 4) is 23.0 Å². The van der Waals surface area contributed by atoms with E-state index in [2.05, 4.69) is 15.0 Å². The highest BCUT2D eigenvalue weighted by molar-refractivity contribution is 6.05. The smallest absolute Gasteiger partial charge is 0.261 e. The molecule has 0 aliphatic carbocycles. The van der Waals surface area contributed by atoms with Gasteiger partial charge in [-0.25, -0.2) is 13.8 Å². The number of benzene rings is 3. The molecule has 1 aromatic heterocycles. The number of fused-ring (bicyclic) bond motifs is 1. The average molecular weight is 446 g/mol. The minimum Gasteiger partial charge on any atom is -0.497 e. The number of hydrogen-bond donors (Lipinski definition) is 1. The van der Waals surface area contributed by atoms with E-state index in [4.69, 9.17) is 9.15 Å². The Kier molecular flexibility index (Phi) is 5.43. The third kappa shape index (κ3) is 3.59. The molecule has 0 unspecified atom stereocenters. The van der Waals surface area contributed by atoms with Crippen LogP contribution in [0.5, 0.6) is 11.5 Å². The Labute approximate surface area is 178 Å². The first-order chi connectivity index (χ1) is 15.3. The number of methoxy groups -OCH3 is 2. The SMILES string of the molecule is COc1ccc(-c2nc3cc(NC(=O)c4c(F)c(F)c(OC)c(F)c4F)ccc3o2)cc1. The van der Waals surface area contributed by atoms with E-state index >= 15 is 0 Å². The quantitative estimate of drug-likeness (QED) is 0.332. The van der Waals surface area contributed by atoms with Crippen LogP contribution in [-0.4, -0.2) is 25.1 Å². The summed E-state index contributed by atoms with van der Waals surface area (Å²) < 4.78 is 71.2. The van der Waals surface area contributed by atoms with Crippen molar-refractivity contribution in [2.75, 3.05) is 19.5 Å². The molecule has 0 atom stereocenters. The van der Waals surface area contributed by atoms with Gasteiger partial charge in [-0.15, -0.1) is 0 Å². The number of nitrogens with one attached hydrogen (secondary N) is 1. The third-order valence-electron chi connectivity index (χ3n) is 4.64. The molecule has 0 aliphatic rings. The second kappa shape index (κ2) is 8.22. The minimum atomic E-state index is -1.87. The molecule has 4 rings (SSSR count). The number of halogens is 4. The maximum absolute atomic E-state index is 14.2. The number of ether oxygens (including phenoxy) is 2. The summed E-state index contributed by atoms with van der Waals surface area (Å²) in [7, 11) is 2.38. The first kappa shape index (κ1) is 21.2. The van der Waals surface area contributed by atoms with Gasteiger partial charge in [0.15, 0.2) is 23.0 Å². The molecule has 32 heavy (non-hydrogen) atoms. The molecular weight excluding hydrogens is 432 g/mol. The lowest BCUT2D eigenvalue weighted by Gasteiger charge is -2.11. The van der Waals surface area contributed by atoms with E-state index in [1.165, 1.54) is 25.3 Å². The highest BCUT2D eigenvalue weighted by Crippen LogP contribution is 2.31. The number of anilines is 1. The molecule has 0 spiro atoms. The largest absolute Gasteiger partial charge is 0.497 e. The first-order valence-corrected chi connectivity index (χ1v) is 9.10. The van der Waals surface area contributed by atoms with E-state index in [0.29, 0.717) is 28.3 Å². The molecule has 10 heteroatoms. The molecule has 0 bridgehead atoms. The molecule has 0 aliphatic heterocycles. The van der Waals surface area contributed by atoms with Crippen molar-refractivity contribution in [2.45, 2.75) is 0 Å². The van der Waals surface area contributed by atoms with E-state index in [9.17, 15) is 22.4 Å². The van der Waals surface area contributed by atoms with Gasteiger partial charge in [-0.3, -0.25) is 4.79 Å². The van der Waals surface area contributed by atoms with Crippen LogP contribution >= 0.6 is 0 Å². The normalized spacial score (nSPS) is 10.9. The number of rotatable bonds is 5. The molecule has 0 fully saturated rings. The molecule has 0 saturated heterocycles. The second-order valence-corrected chi connectivity index (χ2v) is 6.55. The van der Waals surface area contributed by atoms with Gasteiger partial charge in [0.05, 0.1) is 14.2 Å². The van der Waals surface area contributed by atoms with Crippen molar-refractivity contribution in [3.63, 3.8) is 0 Å². The number of carbonyl (C=O) groups excluding carboxylic acids is 1. The molecule has 6 nitrogen and oxygen atoms in total. The molecule has 0 saturated carbocycles. The number of nitrogens with zero attached hydrogens (tertiary/aromatic N) is 1. The Bertz CT molecular complexity index is 1310. The number of hydrogen-bond acceptors (Lipinski definition) is 5. The van der Waals surface area contributed by atoms with Gasteiger partial charge in [0.25, 0.3) is 5.91 Å². The van der Waals surface area contributed by atoms with E-state index in [-0.39, 0.29) is 5.69 Å². The van der Waals surface area contributed by atoms with Crippen LogP contribution in [0.15, 0.2) is 46.9 Å². The van der Waals surface area contributed by atoms with Crippen molar-refractivity contribution < 1.29 is 36.2 Å². The molecule has 3 aromatic carbocycles. The zero-order valence-corrected chi connectivity index (χ0v) is 16.6. The Morgan fingerprint density at radius 3 is 2.16 bits per heavy atom. The van der Waals surface area contributed by atoms with Crippen LogP contribution in [0.4, 0.5) is 23.2 Å². The Balaban J connectivity index is 1.64. The Morgan fingerprint density at radius 1 is 0.906 bits per heavy atom. The summed E-state index contributed by atoms with van der Waals surface area (Å²) in [5, 5.41) is 2.20. The highest BCUT2D eigenvalue weighted by Gasteiger charge is 2.30. The fourth-order valence-electron chi connectivity index (χ4n) is 3.05. The van der Waals surface area contributed by atoms with Gasteiger partial charge in [0.2, 0.25) is 17.5 Å². The molecule has 1 N–H and O–H groups in total. The number of carbonyl (C=O) groups is 1. The maximum Gasteiger partial charge on any atom is 0.261 e. The topological polar surface area (TPSA) is 73.6 Å². The monoisotopic (exact) mass is 446 g/mol. The highest BCUT2D eigenvalue weighted by atomic mass is 19.2. The van der Waals surface area contributed by atoms with Crippen LogP contribution in [0, 0.1) is 23.3 Å². The zero-order valence-electron chi connectivity index (χ0n) is 16.6. The summed E-state index contributed by atoms with van der Waals surface area (Å²) in [6.45, 7) is 0. The molecule has 164 valence electrons. The van der Waals surface area contributed by atoms with Gasteiger partial charge in [0, 0.05) is 11.3 Å². The van der Waals surface area contributed by atoms with E-state index in [0.717, 1.165) is 7.11 Å². The van der Waals surface area contributed by atoms with E-state index in [1.54, 1.807) is 24.3 Å². The van der Waals surface area contributed by atoms with Crippen LogP contribution in [0.1, 0.15) is 10.4 Å². The standard InChI is InChI=1S/C22H14F4N2O4/c1-30-12-6-3-10(4-7-12)22-28-13-9-11(5-8-14(13)32-22)27-21(29)15-16(23)18(25)20(31-2)19(26)17(15)24/h3-9H,1-2H3,(H,27,29). The van der Waals surface area contributed by atoms with E-state index < -0.39 is 40.5 Å². The fraction of sp³-hybridized carbons (Fsp3) is 0.0909. The lowest BCUT2D eigenvalue weighted by atomic mass is 10.1. The summed E-state index contributed by atoms with van der Waals surface area (Å²) >= 11 is 0. The zero-order chi connectivity index (χ0) is 23.0. The van der Waals surface area contributed by atoms with Gasteiger partial charge in [0.1, 0.15) is 16.8 Å². The van der Waals surface area contributed by atoms with Gasteiger partial charge in [-0.1, -0.05) is 0 Å². The summed E-state index contributed by atoms with van der Waals surface area (Å²) in [6.07, 6.45) is 0. The van der Waals surface area contributed by atoms with Crippen molar-refractivity contribution in [1.29, 1.82) is 0 Å². The lowest BCUT2D eigenvalue weighted by molar-refractivity contribution is 0.101. The van der Waals surface area contributed by atoms with Crippen molar-refractivity contribution in [1.82, 2.24) is 4.98 Å². The number of amides is 1. The molecular formula is C22H14F4N2O4. The number of aromatic nitrogens is 1. The third-order valence-corrected chi connectivity index (χ3v) is 4.64. The van der Waals surface area contributed by atoms with Crippen molar-refractivity contribution in [2.24, 2.45) is 0 Å². The second-order valence-electron chi connectivity index (χ2n) is 6.55. The van der Waals surface area contributed by atoms with Gasteiger partial charge < -0.3 is 19.2 Å². The maximum atomic E-state index is 14.2. The van der Waals surface area contributed by atoms with Crippen LogP contribution in [0.25, 0.3) is 22.6 Å². The van der Waals surface area contributed by atoms with Gasteiger partial charge in [-0.05, 0) is 42.5 Å². The molecule has 4 aromatic rings. The Hall–Kier alpha value is -4.08. The van der Waals surface area contributed by atoms with Gasteiger partial charge in [-0.2, -0.15) is 8.78 Å². The van der Waals surface area contributed by atoms with Gasteiger partial charge >= 0.3 is 0 Å². The summed E-state index contributed by atoms with van der Waals surface area (Å²) in [6, 6.07) is 11.2. The first-order valence-electron chi connectivity index (χ1n) is 9.10. The summed E-state index contributed by atoms with van der Waals surface area (Å²) in [5.74, 6) is -9.07. The van der Waals surface area contributed by atoms with E-state index in [1.807, 2.05) is 0 Å². The molecule has 1 heterocycles.